The van der Waals surface area contributed by atoms with E-state index in [-0.39, 0.29) is 16.8 Å². The van der Waals surface area contributed by atoms with E-state index >= 15 is 0 Å². The second-order valence-electron chi connectivity index (χ2n) is 4.85. The van der Waals surface area contributed by atoms with Gasteiger partial charge < -0.3 is 9.64 Å². The number of halogens is 1. The summed E-state index contributed by atoms with van der Waals surface area (Å²) in [7, 11) is 3.18. The summed E-state index contributed by atoms with van der Waals surface area (Å²) in [5.74, 6) is -0.222. The Hall–Kier alpha value is -1.11. The fourth-order valence-electron chi connectivity index (χ4n) is 2.17. The van der Waals surface area contributed by atoms with Gasteiger partial charge in [-0.05, 0) is 31.0 Å². The standard InChI is InChI=1S/C13H16ClNO4S/c1-9-3-4-11(20(14,17)18)7-12(9)13(16)15(2)10-5-6-19-8-10/h3-4,7,10H,5-6,8H2,1-2H3. The van der Waals surface area contributed by atoms with Crippen LogP contribution in [0.15, 0.2) is 23.1 Å². The number of amides is 1. The van der Waals surface area contributed by atoms with Crippen molar-refractivity contribution < 1.29 is 17.9 Å². The van der Waals surface area contributed by atoms with Crippen LogP contribution in [0.5, 0.6) is 0 Å². The van der Waals surface area contributed by atoms with Crippen LogP contribution in [0, 0.1) is 6.92 Å². The number of ether oxygens (including phenoxy) is 1. The minimum atomic E-state index is -3.84. The first-order valence-electron chi connectivity index (χ1n) is 6.21. The highest BCUT2D eigenvalue weighted by atomic mass is 35.7. The Morgan fingerprint density at radius 2 is 2.15 bits per heavy atom. The van der Waals surface area contributed by atoms with Crippen LogP contribution in [0.25, 0.3) is 0 Å². The smallest absolute Gasteiger partial charge is 0.261 e. The zero-order chi connectivity index (χ0) is 14.9. The van der Waals surface area contributed by atoms with Crippen LogP contribution in [0.3, 0.4) is 0 Å². The van der Waals surface area contributed by atoms with Crippen LogP contribution in [-0.2, 0) is 13.8 Å². The number of benzene rings is 1. The molecule has 0 aliphatic carbocycles. The Balaban J connectivity index is 2.33. The molecule has 1 aromatic carbocycles. The predicted molar refractivity (Wildman–Crippen MR) is 75.5 cm³/mol. The topological polar surface area (TPSA) is 63.7 Å². The molecule has 7 heteroatoms. The van der Waals surface area contributed by atoms with Crippen molar-refractivity contribution in [3.63, 3.8) is 0 Å². The molecule has 0 bridgehead atoms. The number of likely N-dealkylation sites (N-methyl/N-ethyl adjacent to an activating group) is 1. The number of aryl methyl sites for hydroxylation is 1. The second-order valence-corrected chi connectivity index (χ2v) is 7.41. The van der Waals surface area contributed by atoms with Crippen molar-refractivity contribution in [3.8, 4) is 0 Å². The second kappa shape index (κ2) is 5.71. The molecule has 1 aliphatic rings. The van der Waals surface area contributed by atoms with Crippen LogP contribution in [0.4, 0.5) is 0 Å². The molecule has 0 saturated carbocycles. The maximum atomic E-state index is 12.5. The lowest BCUT2D eigenvalue weighted by molar-refractivity contribution is 0.0710. The molecular formula is C13H16ClNO4S. The van der Waals surface area contributed by atoms with Crippen LogP contribution in [0.2, 0.25) is 0 Å². The summed E-state index contributed by atoms with van der Waals surface area (Å²) in [6.45, 7) is 2.91. The molecular weight excluding hydrogens is 302 g/mol. The molecule has 0 N–H and O–H groups in total. The van der Waals surface area contributed by atoms with Gasteiger partial charge in [0.25, 0.3) is 15.0 Å². The highest BCUT2D eigenvalue weighted by Crippen LogP contribution is 2.22. The first-order chi connectivity index (χ1) is 9.30. The molecule has 1 aromatic rings. The molecule has 2 rings (SSSR count). The predicted octanol–water partition coefficient (Wildman–Crippen LogP) is 1.78. The fraction of sp³-hybridized carbons (Fsp3) is 0.462. The molecule has 0 radical (unpaired) electrons. The van der Waals surface area contributed by atoms with Gasteiger partial charge in [-0.3, -0.25) is 4.79 Å². The van der Waals surface area contributed by atoms with Crippen molar-refractivity contribution in [1.29, 1.82) is 0 Å². The van der Waals surface area contributed by atoms with Gasteiger partial charge in [0, 0.05) is 29.9 Å². The van der Waals surface area contributed by atoms with Gasteiger partial charge >= 0.3 is 0 Å². The monoisotopic (exact) mass is 317 g/mol. The van der Waals surface area contributed by atoms with E-state index in [1.807, 2.05) is 0 Å². The lowest BCUT2D eigenvalue weighted by atomic mass is 10.1. The van der Waals surface area contributed by atoms with Gasteiger partial charge in [-0.2, -0.15) is 0 Å². The number of nitrogens with zero attached hydrogens (tertiary/aromatic N) is 1. The van der Waals surface area contributed by atoms with Crippen molar-refractivity contribution in [2.45, 2.75) is 24.3 Å². The minimum absolute atomic E-state index is 0.0261. The molecule has 5 nitrogen and oxygen atoms in total. The zero-order valence-corrected chi connectivity index (χ0v) is 12.9. The molecule has 0 spiro atoms. The van der Waals surface area contributed by atoms with Gasteiger partial charge in [-0.15, -0.1) is 0 Å². The normalized spacial score (nSPS) is 19.1. The van der Waals surface area contributed by atoms with E-state index in [4.69, 9.17) is 15.4 Å². The van der Waals surface area contributed by atoms with Gasteiger partial charge in [0.1, 0.15) is 0 Å². The van der Waals surface area contributed by atoms with E-state index in [1.54, 1.807) is 24.9 Å². The molecule has 1 amide bonds. The Morgan fingerprint density at radius 1 is 1.45 bits per heavy atom. The van der Waals surface area contributed by atoms with Gasteiger partial charge in [0.15, 0.2) is 0 Å². The Morgan fingerprint density at radius 3 is 2.70 bits per heavy atom. The van der Waals surface area contributed by atoms with Crippen molar-refractivity contribution in [2.75, 3.05) is 20.3 Å². The molecule has 20 heavy (non-hydrogen) atoms. The molecule has 110 valence electrons. The summed E-state index contributed by atoms with van der Waals surface area (Å²) in [6.07, 6.45) is 0.786. The summed E-state index contributed by atoms with van der Waals surface area (Å²) < 4.78 is 28.0. The van der Waals surface area contributed by atoms with Crippen LogP contribution in [0.1, 0.15) is 22.3 Å². The van der Waals surface area contributed by atoms with Crippen LogP contribution in [-0.4, -0.2) is 45.5 Å². The minimum Gasteiger partial charge on any atom is -0.379 e. The van der Waals surface area contributed by atoms with Gasteiger partial charge in [0.05, 0.1) is 17.5 Å². The van der Waals surface area contributed by atoms with E-state index in [0.717, 1.165) is 6.42 Å². The lowest BCUT2D eigenvalue weighted by Gasteiger charge is -2.24. The number of carbonyl (C=O) groups excluding carboxylic acids is 1. The molecule has 1 heterocycles. The number of hydrogen-bond donors (Lipinski definition) is 0. The molecule has 0 aromatic heterocycles. The van der Waals surface area contributed by atoms with E-state index in [1.165, 1.54) is 12.1 Å². The molecule has 1 unspecified atom stereocenters. The Kier molecular flexibility index (Phi) is 4.36. The number of rotatable bonds is 3. The molecule has 1 saturated heterocycles. The van der Waals surface area contributed by atoms with E-state index in [9.17, 15) is 13.2 Å². The van der Waals surface area contributed by atoms with Crippen molar-refractivity contribution in [2.24, 2.45) is 0 Å². The summed E-state index contributed by atoms with van der Waals surface area (Å²) in [5.41, 5.74) is 1.06. The Labute approximate surface area is 122 Å². The third kappa shape index (κ3) is 3.13. The van der Waals surface area contributed by atoms with E-state index < -0.39 is 9.05 Å². The lowest BCUT2D eigenvalue weighted by Crippen LogP contribution is -2.37. The van der Waals surface area contributed by atoms with Gasteiger partial charge in [-0.25, -0.2) is 8.42 Å². The maximum Gasteiger partial charge on any atom is 0.261 e. The quantitative estimate of drug-likeness (QED) is 0.797. The number of hydrogen-bond acceptors (Lipinski definition) is 4. The van der Waals surface area contributed by atoms with E-state index in [0.29, 0.717) is 24.3 Å². The SMILES string of the molecule is Cc1ccc(S(=O)(=O)Cl)cc1C(=O)N(C)C1CCOC1. The molecule has 1 fully saturated rings. The third-order valence-corrected chi connectivity index (χ3v) is 4.85. The molecule has 1 atom stereocenters. The first kappa shape index (κ1) is 15.3. The average molecular weight is 318 g/mol. The largest absolute Gasteiger partial charge is 0.379 e. The zero-order valence-electron chi connectivity index (χ0n) is 11.3. The van der Waals surface area contributed by atoms with Gasteiger partial charge in [-0.1, -0.05) is 6.07 Å². The van der Waals surface area contributed by atoms with Crippen molar-refractivity contribution in [1.82, 2.24) is 4.90 Å². The summed E-state index contributed by atoms with van der Waals surface area (Å²) in [4.78, 5) is 14.0. The Bertz CT molecular complexity index is 623. The first-order valence-corrected chi connectivity index (χ1v) is 8.52. The van der Waals surface area contributed by atoms with Crippen LogP contribution < -0.4 is 0 Å². The number of carbonyl (C=O) groups is 1. The summed E-state index contributed by atoms with van der Waals surface area (Å²) in [6, 6.07) is 4.33. The highest BCUT2D eigenvalue weighted by Gasteiger charge is 2.26. The van der Waals surface area contributed by atoms with Crippen LogP contribution >= 0.6 is 10.7 Å². The summed E-state index contributed by atoms with van der Waals surface area (Å²) >= 11 is 0. The fourth-order valence-corrected chi connectivity index (χ4v) is 2.94. The van der Waals surface area contributed by atoms with Crippen molar-refractivity contribution >= 4 is 25.6 Å². The summed E-state index contributed by atoms with van der Waals surface area (Å²) in [5, 5.41) is 0. The average Bonchev–Trinajstić information content (AvgIpc) is 2.90. The molecule has 1 aliphatic heterocycles. The van der Waals surface area contributed by atoms with Gasteiger partial charge in [0.2, 0.25) is 0 Å². The van der Waals surface area contributed by atoms with Crippen molar-refractivity contribution in [3.05, 3.63) is 29.3 Å². The maximum absolute atomic E-state index is 12.5. The highest BCUT2D eigenvalue weighted by molar-refractivity contribution is 8.13. The third-order valence-electron chi connectivity index (χ3n) is 3.49. The van der Waals surface area contributed by atoms with E-state index in [2.05, 4.69) is 0 Å².